The summed E-state index contributed by atoms with van der Waals surface area (Å²) in [5.41, 5.74) is 5.27. The van der Waals surface area contributed by atoms with E-state index in [1.807, 2.05) is 36.4 Å². The highest BCUT2D eigenvalue weighted by molar-refractivity contribution is 5.77. The fraction of sp³-hybridized carbons (Fsp3) is 0.417. The van der Waals surface area contributed by atoms with Crippen LogP contribution in [0.2, 0.25) is 0 Å². The molecule has 1 heterocycles. The quantitative estimate of drug-likeness (QED) is 0.652. The molecule has 2 aromatic rings. The summed E-state index contributed by atoms with van der Waals surface area (Å²) in [5, 5.41) is 0. The topological polar surface area (TPSA) is 6.48 Å². The fourth-order valence-electron chi connectivity index (χ4n) is 4.57. The standard InChI is InChI=1S/C24H30N2/c1-18-12-10-11-17-23(18)25-19(2)24(21-13-6-4-7-14-21)26(20(25)3)22-15-8-5-9-16-22/h4,6-7,10-14,17,20,22H,5,8-9,15-16H2,1-3H3/i3D3. The molecule has 2 aliphatic rings. The highest BCUT2D eigenvalue weighted by Crippen LogP contribution is 2.43. The number of hydrogen-bond acceptors (Lipinski definition) is 2. The molecule has 0 amide bonds. The lowest BCUT2D eigenvalue weighted by Gasteiger charge is -2.40. The van der Waals surface area contributed by atoms with Crippen LogP contribution in [-0.4, -0.2) is 17.1 Å². The van der Waals surface area contributed by atoms with E-state index in [0.717, 1.165) is 41.1 Å². The second kappa shape index (κ2) is 7.19. The van der Waals surface area contributed by atoms with Gasteiger partial charge in [0.15, 0.2) is 0 Å². The molecule has 1 atom stereocenters. The lowest BCUT2D eigenvalue weighted by atomic mass is 9.93. The summed E-state index contributed by atoms with van der Waals surface area (Å²) in [6.45, 7) is 2.01. The third-order valence-corrected chi connectivity index (χ3v) is 5.86. The van der Waals surface area contributed by atoms with Gasteiger partial charge in [-0.1, -0.05) is 67.8 Å². The second-order valence-corrected chi connectivity index (χ2v) is 7.53. The van der Waals surface area contributed by atoms with Crippen LogP contribution in [0.5, 0.6) is 0 Å². The number of allylic oxidation sites excluding steroid dienone is 1. The molecule has 1 saturated carbocycles. The van der Waals surface area contributed by atoms with Crippen molar-refractivity contribution in [2.75, 3.05) is 4.90 Å². The molecule has 1 unspecified atom stereocenters. The molecule has 26 heavy (non-hydrogen) atoms. The van der Waals surface area contributed by atoms with E-state index in [1.54, 1.807) is 0 Å². The smallest absolute Gasteiger partial charge is 0.104 e. The van der Waals surface area contributed by atoms with Crippen molar-refractivity contribution in [3.8, 4) is 0 Å². The van der Waals surface area contributed by atoms with E-state index in [1.165, 1.54) is 19.3 Å². The minimum Gasteiger partial charge on any atom is -0.346 e. The largest absolute Gasteiger partial charge is 0.346 e. The normalized spacial score (nSPS) is 23.8. The molecule has 4 rings (SSSR count). The average Bonchev–Trinajstić information content (AvgIpc) is 3.03. The summed E-state index contributed by atoms with van der Waals surface area (Å²) < 4.78 is 25.5. The zero-order valence-corrected chi connectivity index (χ0v) is 15.8. The van der Waals surface area contributed by atoms with Crippen molar-refractivity contribution in [3.63, 3.8) is 0 Å². The second-order valence-electron chi connectivity index (χ2n) is 7.53. The predicted octanol–water partition coefficient (Wildman–Crippen LogP) is 6.18. The third-order valence-electron chi connectivity index (χ3n) is 5.86. The van der Waals surface area contributed by atoms with E-state index in [-0.39, 0.29) is 6.04 Å². The Kier molecular flexibility index (Phi) is 3.85. The van der Waals surface area contributed by atoms with E-state index in [4.69, 9.17) is 4.11 Å². The van der Waals surface area contributed by atoms with Gasteiger partial charge in [0.25, 0.3) is 0 Å². The Labute approximate surface area is 162 Å². The predicted molar refractivity (Wildman–Crippen MR) is 111 cm³/mol. The van der Waals surface area contributed by atoms with Gasteiger partial charge in [-0.15, -0.1) is 0 Å². The van der Waals surface area contributed by atoms with Crippen LogP contribution in [-0.2, 0) is 0 Å². The highest BCUT2D eigenvalue weighted by atomic mass is 15.4. The van der Waals surface area contributed by atoms with Gasteiger partial charge in [-0.05, 0) is 50.7 Å². The van der Waals surface area contributed by atoms with Gasteiger partial charge >= 0.3 is 0 Å². The van der Waals surface area contributed by atoms with Crippen LogP contribution in [0.1, 0.15) is 61.1 Å². The Morgan fingerprint density at radius 1 is 0.885 bits per heavy atom. The zero-order valence-electron chi connectivity index (χ0n) is 18.8. The Bertz CT molecular complexity index is 882. The van der Waals surface area contributed by atoms with Gasteiger partial charge in [-0.2, -0.15) is 0 Å². The highest BCUT2D eigenvalue weighted by Gasteiger charge is 2.39. The van der Waals surface area contributed by atoms with E-state index in [0.29, 0.717) is 0 Å². The fourth-order valence-corrected chi connectivity index (χ4v) is 4.57. The minimum absolute atomic E-state index is 0.258. The summed E-state index contributed by atoms with van der Waals surface area (Å²) in [7, 11) is 0. The van der Waals surface area contributed by atoms with Crippen molar-refractivity contribution >= 4 is 11.4 Å². The number of aryl methyl sites for hydroxylation is 1. The number of para-hydroxylation sites is 1. The molecular formula is C24H30N2. The number of anilines is 1. The molecule has 1 aliphatic carbocycles. The van der Waals surface area contributed by atoms with Crippen molar-refractivity contribution in [1.29, 1.82) is 0 Å². The van der Waals surface area contributed by atoms with E-state index in [2.05, 4.69) is 41.8 Å². The number of nitrogens with zero attached hydrogens (tertiary/aromatic N) is 2. The molecule has 2 aromatic carbocycles. The van der Waals surface area contributed by atoms with Crippen LogP contribution >= 0.6 is 0 Å². The third kappa shape index (κ3) is 2.92. The summed E-state index contributed by atoms with van der Waals surface area (Å²) in [6.07, 6.45) is 5.01. The SMILES string of the molecule is [2H]C([2H])([2H])C1N(c2ccccc2C)C(C)=C(c2ccccc2)N1C1CCCCC1. The minimum atomic E-state index is -2.13. The summed E-state index contributed by atoms with van der Waals surface area (Å²) in [5.74, 6) is 0. The number of hydrogen-bond donors (Lipinski definition) is 0. The van der Waals surface area contributed by atoms with Crippen molar-refractivity contribution in [3.05, 3.63) is 71.4 Å². The molecule has 2 heteroatoms. The van der Waals surface area contributed by atoms with Crippen molar-refractivity contribution in [1.82, 2.24) is 4.90 Å². The first-order valence-electron chi connectivity index (χ1n) is 11.3. The maximum atomic E-state index is 8.49. The molecule has 0 bridgehead atoms. The molecule has 2 nitrogen and oxygen atoms in total. The van der Waals surface area contributed by atoms with E-state index in [9.17, 15) is 0 Å². The first-order chi connectivity index (χ1) is 13.9. The molecule has 1 fully saturated rings. The van der Waals surface area contributed by atoms with Crippen LogP contribution < -0.4 is 4.90 Å². The Morgan fingerprint density at radius 3 is 2.27 bits per heavy atom. The van der Waals surface area contributed by atoms with Crippen molar-refractivity contribution in [2.24, 2.45) is 0 Å². The van der Waals surface area contributed by atoms with Crippen molar-refractivity contribution in [2.45, 2.75) is 65.0 Å². The Balaban J connectivity index is 1.92. The molecule has 0 saturated heterocycles. The van der Waals surface area contributed by atoms with Crippen molar-refractivity contribution < 1.29 is 4.11 Å². The molecule has 0 N–H and O–H groups in total. The maximum absolute atomic E-state index is 8.49. The first-order valence-corrected chi connectivity index (χ1v) is 9.79. The van der Waals surface area contributed by atoms with Gasteiger partial charge in [-0.3, -0.25) is 0 Å². The lowest BCUT2D eigenvalue weighted by molar-refractivity contribution is 0.199. The lowest BCUT2D eigenvalue weighted by Crippen LogP contribution is -2.44. The van der Waals surface area contributed by atoms with E-state index < -0.39 is 13.0 Å². The summed E-state index contributed by atoms with van der Waals surface area (Å²) >= 11 is 0. The molecule has 0 radical (unpaired) electrons. The van der Waals surface area contributed by atoms with Crippen LogP contribution in [0, 0.1) is 6.92 Å². The van der Waals surface area contributed by atoms with Crippen LogP contribution in [0.3, 0.4) is 0 Å². The van der Waals surface area contributed by atoms with E-state index >= 15 is 0 Å². The molecule has 0 spiro atoms. The number of benzene rings is 2. The average molecular weight is 350 g/mol. The van der Waals surface area contributed by atoms with Gasteiger partial charge in [0.05, 0.1) is 5.70 Å². The Hall–Kier alpha value is -2.22. The Morgan fingerprint density at radius 2 is 1.58 bits per heavy atom. The van der Waals surface area contributed by atoms with Gasteiger partial charge < -0.3 is 9.80 Å². The maximum Gasteiger partial charge on any atom is 0.104 e. The van der Waals surface area contributed by atoms with Gasteiger partial charge in [0.1, 0.15) is 6.17 Å². The number of rotatable bonds is 3. The van der Waals surface area contributed by atoms with Gasteiger partial charge in [-0.25, -0.2) is 0 Å². The van der Waals surface area contributed by atoms with Gasteiger partial charge in [0, 0.05) is 21.5 Å². The molecule has 0 aromatic heterocycles. The van der Waals surface area contributed by atoms with Crippen LogP contribution in [0.4, 0.5) is 5.69 Å². The zero-order chi connectivity index (χ0) is 20.6. The van der Waals surface area contributed by atoms with Gasteiger partial charge in [0.2, 0.25) is 0 Å². The first kappa shape index (κ1) is 13.9. The summed E-state index contributed by atoms with van der Waals surface area (Å²) in [6, 6.07) is 18.7. The summed E-state index contributed by atoms with van der Waals surface area (Å²) in [4.78, 5) is 4.31. The molecule has 1 aliphatic heterocycles. The van der Waals surface area contributed by atoms with Crippen LogP contribution in [0.25, 0.3) is 5.70 Å². The molecule has 136 valence electrons. The monoisotopic (exact) mass is 349 g/mol. The van der Waals surface area contributed by atoms with Crippen LogP contribution in [0.15, 0.2) is 60.3 Å². The molecular weight excluding hydrogens is 316 g/mol.